The van der Waals surface area contributed by atoms with Gasteiger partial charge in [-0.25, -0.2) is 9.37 Å². The molecule has 0 radical (unpaired) electrons. The van der Waals surface area contributed by atoms with Crippen molar-refractivity contribution in [3.63, 3.8) is 0 Å². The molecule has 9 heteroatoms. The number of primary amides is 1. The molecular weight excluding hydrogens is 525 g/mol. The SMILES string of the molecule is COc1cc(C(=O)CC[C@](O)(c2cc3c(c(-c4ccc(F)cc4)n2)OC[C@]3(C)C(N)=O)C2CC2)cc2cccnc12. The topological polar surface area (TPSA) is 125 Å². The molecule has 2 aromatic heterocycles. The van der Waals surface area contributed by atoms with Crippen LogP contribution in [0, 0.1) is 11.7 Å². The van der Waals surface area contributed by atoms with E-state index in [0.29, 0.717) is 45.1 Å². The molecule has 1 aliphatic carbocycles. The molecule has 8 nitrogen and oxygen atoms in total. The van der Waals surface area contributed by atoms with Crippen molar-refractivity contribution in [2.75, 3.05) is 13.7 Å². The zero-order chi connectivity index (χ0) is 28.9. The van der Waals surface area contributed by atoms with Crippen molar-refractivity contribution < 1.29 is 28.6 Å². The summed E-state index contributed by atoms with van der Waals surface area (Å²) in [6.45, 7) is 1.72. The van der Waals surface area contributed by atoms with Crippen molar-refractivity contribution >= 4 is 22.6 Å². The Labute approximate surface area is 236 Å². The summed E-state index contributed by atoms with van der Waals surface area (Å²) >= 11 is 0. The Kier molecular flexibility index (Phi) is 6.49. The number of carbonyl (C=O) groups is 2. The molecular formula is C32H30FN3O5. The van der Waals surface area contributed by atoms with E-state index in [1.807, 2.05) is 6.07 Å². The van der Waals surface area contributed by atoms with Crippen molar-refractivity contribution in [3.05, 3.63) is 83.4 Å². The van der Waals surface area contributed by atoms with Crippen LogP contribution in [0.5, 0.6) is 11.5 Å². The normalized spacial score (nSPS) is 19.3. The van der Waals surface area contributed by atoms with Crippen LogP contribution in [0.4, 0.5) is 4.39 Å². The largest absolute Gasteiger partial charge is 0.494 e. The van der Waals surface area contributed by atoms with E-state index >= 15 is 0 Å². The van der Waals surface area contributed by atoms with E-state index < -0.39 is 22.7 Å². The van der Waals surface area contributed by atoms with E-state index in [-0.39, 0.29) is 31.1 Å². The Morgan fingerprint density at radius 3 is 2.63 bits per heavy atom. The van der Waals surface area contributed by atoms with Gasteiger partial charge in [-0.2, -0.15) is 0 Å². The summed E-state index contributed by atoms with van der Waals surface area (Å²) in [5.41, 5.74) is 6.16. The molecule has 3 heterocycles. The van der Waals surface area contributed by atoms with Gasteiger partial charge in [-0.15, -0.1) is 0 Å². The summed E-state index contributed by atoms with van der Waals surface area (Å²) < 4.78 is 25.2. The summed E-state index contributed by atoms with van der Waals surface area (Å²) in [4.78, 5) is 35.2. The van der Waals surface area contributed by atoms with E-state index in [1.165, 1.54) is 19.2 Å². The second kappa shape index (κ2) is 9.92. The fraction of sp³-hybridized carbons (Fsp3) is 0.312. The molecule has 0 bridgehead atoms. The molecule has 1 saturated carbocycles. The van der Waals surface area contributed by atoms with E-state index in [2.05, 4.69) is 4.98 Å². The van der Waals surface area contributed by atoms with Crippen LogP contribution >= 0.6 is 0 Å². The highest BCUT2D eigenvalue weighted by Gasteiger charge is 2.49. The van der Waals surface area contributed by atoms with Gasteiger partial charge in [0.25, 0.3) is 0 Å². The minimum Gasteiger partial charge on any atom is -0.494 e. The number of hydrogen-bond acceptors (Lipinski definition) is 7. The molecule has 210 valence electrons. The van der Waals surface area contributed by atoms with Gasteiger partial charge in [0.15, 0.2) is 5.78 Å². The molecule has 0 unspecified atom stereocenters. The molecule has 2 aliphatic rings. The number of ether oxygens (including phenoxy) is 2. The number of aliphatic hydroxyl groups is 1. The van der Waals surface area contributed by atoms with Crippen LogP contribution in [0.1, 0.15) is 54.2 Å². The van der Waals surface area contributed by atoms with Crippen molar-refractivity contribution in [3.8, 4) is 22.8 Å². The lowest BCUT2D eigenvalue weighted by molar-refractivity contribution is -0.123. The molecule has 3 N–H and O–H groups in total. The maximum Gasteiger partial charge on any atom is 0.231 e. The number of aromatic nitrogens is 2. The Hall–Kier alpha value is -4.37. The smallest absolute Gasteiger partial charge is 0.231 e. The van der Waals surface area contributed by atoms with Crippen LogP contribution in [0.3, 0.4) is 0 Å². The van der Waals surface area contributed by atoms with Crippen molar-refractivity contribution in [2.45, 2.75) is 43.6 Å². The van der Waals surface area contributed by atoms with Gasteiger partial charge < -0.3 is 20.3 Å². The first-order chi connectivity index (χ1) is 19.6. The van der Waals surface area contributed by atoms with Crippen molar-refractivity contribution in [2.24, 2.45) is 11.7 Å². The molecule has 1 amide bonds. The van der Waals surface area contributed by atoms with Gasteiger partial charge in [-0.05, 0) is 80.6 Å². The van der Waals surface area contributed by atoms with Crippen LogP contribution < -0.4 is 15.2 Å². The lowest BCUT2D eigenvalue weighted by atomic mass is 9.80. The Bertz CT molecular complexity index is 1690. The molecule has 1 fully saturated rings. The van der Waals surface area contributed by atoms with Crippen LogP contribution in [0.2, 0.25) is 0 Å². The zero-order valence-corrected chi connectivity index (χ0v) is 22.8. The van der Waals surface area contributed by atoms with E-state index in [9.17, 15) is 19.1 Å². The number of pyridine rings is 2. The lowest BCUT2D eigenvalue weighted by Gasteiger charge is -2.29. The fourth-order valence-electron chi connectivity index (χ4n) is 5.64. The molecule has 6 rings (SSSR count). The van der Waals surface area contributed by atoms with Crippen molar-refractivity contribution in [1.82, 2.24) is 9.97 Å². The number of benzene rings is 2. The Balaban J connectivity index is 1.39. The van der Waals surface area contributed by atoms with Crippen molar-refractivity contribution in [1.29, 1.82) is 0 Å². The number of hydrogen-bond donors (Lipinski definition) is 2. The van der Waals surface area contributed by atoms with Crippen LogP contribution in [0.15, 0.2) is 60.8 Å². The van der Waals surface area contributed by atoms with Gasteiger partial charge in [0.05, 0.1) is 12.8 Å². The first kappa shape index (κ1) is 26.8. The number of nitrogens with two attached hydrogens (primary N) is 1. The third-order valence-electron chi connectivity index (χ3n) is 8.38. The van der Waals surface area contributed by atoms with Gasteiger partial charge in [0.1, 0.15) is 46.1 Å². The summed E-state index contributed by atoms with van der Waals surface area (Å²) in [6, 6.07) is 14.6. The molecule has 41 heavy (non-hydrogen) atoms. The summed E-state index contributed by atoms with van der Waals surface area (Å²) in [5.74, 6) is -0.355. The molecule has 0 saturated heterocycles. The third kappa shape index (κ3) is 4.60. The summed E-state index contributed by atoms with van der Waals surface area (Å²) in [7, 11) is 1.53. The molecule has 2 aromatic carbocycles. The van der Waals surface area contributed by atoms with Crippen LogP contribution in [-0.4, -0.2) is 40.5 Å². The minimum absolute atomic E-state index is 0.0238. The first-order valence-corrected chi connectivity index (χ1v) is 13.6. The summed E-state index contributed by atoms with van der Waals surface area (Å²) in [5, 5.41) is 13.0. The monoisotopic (exact) mass is 555 g/mol. The first-order valence-electron chi connectivity index (χ1n) is 13.6. The quantitative estimate of drug-likeness (QED) is 0.283. The highest BCUT2D eigenvalue weighted by molar-refractivity contribution is 6.01. The predicted octanol–water partition coefficient (Wildman–Crippen LogP) is 4.84. The maximum atomic E-state index is 13.7. The number of Topliss-reactive ketones (excluding diaryl/α,β-unsaturated/α-hetero) is 1. The number of rotatable bonds is 9. The second-order valence-electron chi connectivity index (χ2n) is 11.1. The second-order valence-corrected chi connectivity index (χ2v) is 11.1. The average Bonchev–Trinajstić information content (AvgIpc) is 3.79. The standard InChI is InChI=1S/C32H30FN3O5/c1-31(30(34)38)17-41-29-23(31)16-26(36-28(29)18-5-9-22(33)10-6-18)32(39,21-7-8-21)12-11-24(37)20-14-19-4-3-13-35-27(19)25(15-20)40-2/h3-6,9-10,13-16,21,39H,7-8,11-12,17H2,1-2H3,(H2,34,38)/t31-,32+/m0/s1. The Morgan fingerprint density at radius 2 is 1.95 bits per heavy atom. The number of fused-ring (bicyclic) bond motifs is 2. The van der Waals surface area contributed by atoms with Gasteiger partial charge >= 0.3 is 0 Å². The van der Waals surface area contributed by atoms with Gasteiger partial charge in [-0.1, -0.05) is 6.07 Å². The number of methoxy groups -OCH3 is 1. The fourth-order valence-corrected chi connectivity index (χ4v) is 5.64. The lowest BCUT2D eigenvalue weighted by Crippen LogP contribution is -2.40. The maximum absolute atomic E-state index is 13.7. The highest BCUT2D eigenvalue weighted by atomic mass is 19.1. The van der Waals surface area contributed by atoms with Gasteiger partial charge in [0.2, 0.25) is 5.91 Å². The minimum atomic E-state index is -1.44. The predicted molar refractivity (Wildman–Crippen MR) is 150 cm³/mol. The third-order valence-corrected chi connectivity index (χ3v) is 8.38. The highest BCUT2D eigenvalue weighted by Crippen LogP contribution is 2.51. The number of amides is 1. The molecule has 4 aromatic rings. The van der Waals surface area contributed by atoms with Gasteiger partial charge in [-0.3, -0.25) is 14.6 Å². The van der Waals surface area contributed by atoms with Crippen LogP contribution in [-0.2, 0) is 15.8 Å². The molecule has 0 spiro atoms. The zero-order valence-electron chi connectivity index (χ0n) is 22.8. The number of nitrogens with zero attached hydrogens (tertiary/aromatic N) is 2. The number of ketones is 1. The average molecular weight is 556 g/mol. The summed E-state index contributed by atoms with van der Waals surface area (Å²) in [6.07, 6.45) is 3.38. The van der Waals surface area contributed by atoms with E-state index in [1.54, 1.807) is 49.5 Å². The van der Waals surface area contributed by atoms with E-state index in [4.69, 9.17) is 20.2 Å². The number of carbonyl (C=O) groups excluding carboxylic acids is 2. The molecule has 2 atom stereocenters. The van der Waals surface area contributed by atoms with Gasteiger partial charge in [0, 0.05) is 34.7 Å². The van der Waals surface area contributed by atoms with Crippen LogP contribution in [0.25, 0.3) is 22.2 Å². The number of halogens is 1. The Morgan fingerprint density at radius 1 is 1.20 bits per heavy atom. The molecule has 1 aliphatic heterocycles. The van der Waals surface area contributed by atoms with E-state index in [0.717, 1.165) is 18.2 Å².